The van der Waals surface area contributed by atoms with Crippen LogP contribution >= 0.6 is 11.8 Å². The van der Waals surface area contributed by atoms with E-state index in [4.69, 9.17) is 4.74 Å². The van der Waals surface area contributed by atoms with Crippen molar-refractivity contribution in [3.8, 4) is 0 Å². The molecule has 0 spiro atoms. The third kappa shape index (κ3) is 4.92. The van der Waals surface area contributed by atoms with Crippen molar-refractivity contribution in [3.05, 3.63) is 23.9 Å². The number of carbonyl (C=O) groups excluding carboxylic acids is 1. The van der Waals surface area contributed by atoms with Crippen LogP contribution in [0.3, 0.4) is 0 Å². The highest BCUT2D eigenvalue weighted by Crippen LogP contribution is 2.26. The van der Waals surface area contributed by atoms with Crippen LogP contribution in [0.2, 0.25) is 0 Å². The third-order valence-corrected chi connectivity index (χ3v) is 4.40. The number of rotatable bonds is 3. The molecule has 0 N–H and O–H groups in total. The van der Waals surface area contributed by atoms with Gasteiger partial charge in [-0.15, -0.1) is 11.8 Å². The van der Waals surface area contributed by atoms with Crippen LogP contribution in [0.25, 0.3) is 0 Å². The van der Waals surface area contributed by atoms with Gasteiger partial charge in [0.15, 0.2) is 0 Å². The van der Waals surface area contributed by atoms with Crippen molar-refractivity contribution in [2.24, 2.45) is 0 Å². The first-order valence-corrected chi connectivity index (χ1v) is 8.39. The summed E-state index contributed by atoms with van der Waals surface area (Å²) in [6.07, 6.45) is 3.77. The number of ether oxygens (including phenoxy) is 1. The van der Waals surface area contributed by atoms with Gasteiger partial charge in [-0.05, 0) is 52.2 Å². The predicted octanol–water partition coefficient (Wildman–Crippen LogP) is 3.88. The molecule has 1 aromatic heterocycles. The van der Waals surface area contributed by atoms with E-state index in [0.29, 0.717) is 0 Å². The second-order valence-electron chi connectivity index (χ2n) is 6.45. The van der Waals surface area contributed by atoms with E-state index in [1.807, 2.05) is 44.9 Å². The summed E-state index contributed by atoms with van der Waals surface area (Å²) in [5.41, 5.74) is 0.728. The van der Waals surface area contributed by atoms with Gasteiger partial charge in [0.25, 0.3) is 0 Å². The van der Waals surface area contributed by atoms with Crippen molar-refractivity contribution in [3.63, 3.8) is 0 Å². The van der Waals surface area contributed by atoms with Crippen molar-refractivity contribution in [2.45, 2.75) is 57.2 Å². The van der Waals surface area contributed by atoms with E-state index in [1.54, 1.807) is 11.8 Å². The van der Waals surface area contributed by atoms with Gasteiger partial charge in [0, 0.05) is 24.5 Å². The first kappa shape index (κ1) is 16.1. The maximum atomic E-state index is 12.2. The Kier molecular flexibility index (Phi) is 5.14. The van der Waals surface area contributed by atoms with Crippen LogP contribution in [-0.4, -0.2) is 39.9 Å². The lowest BCUT2D eigenvalue weighted by Crippen LogP contribution is -2.40. The minimum absolute atomic E-state index is 0.192. The monoisotopic (exact) mass is 308 g/mol. The molecule has 1 atom stereocenters. The summed E-state index contributed by atoms with van der Waals surface area (Å²) in [5, 5.41) is 1.01. The second kappa shape index (κ2) is 6.69. The summed E-state index contributed by atoms with van der Waals surface area (Å²) >= 11 is 1.70. The van der Waals surface area contributed by atoms with Crippen molar-refractivity contribution in [1.82, 2.24) is 9.88 Å². The van der Waals surface area contributed by atoms with Crippen LogP contribution in [-0.2, 0) is 4.74 Å². The smallest absolute Gasteiger partial charge is 0.410 e. The number of hydrogen-bond acceptors (Lipinski definition) is 4. The zero-order valence-corrected chi connectivity index (χ0v) is 14.1. The summed E-state index contributed by atoms with van der Waals surface area (Å²) in [4.78, 5) is 18.5. The molecule has 5 heteroatoms. The Morgan fingerprint density at radius 2 is 2.24 bits per heavy atom. The van der Waals surface area contributed by atoms with Crippen LogP contribution < -0.4 is 0 Å². The topological polar surface area (TPSA) is 42.4 Å². The Balaban J connectivity index is 1.90. The lowest BCUT2D eigenvalue weighted by atomic mass is 10.2. The highest BCUT2D eigenvalue weighted by molar-refractivity contribution is 7.99. The number of likely N-dealkylation sites (tertiary alicyclic amines) is 1. The maximum absolute atomic E-state index is 12.2. The molecule has 0 radical (unpaired) electrons. The summed E-state index contributed by atoms with van der Waals surface area (Å²) in [6.45, 7) is 8.53. The van der Waals surface area contributed by atoms with Crippen LogP contribution in [0.5, 0.6) is 0 Å². The molecular weight excluding hydrogens is 284 g/mol. The molecule has 0 saturated carbocycles. The van der Waals surface area contributed by atoms with E-state index in [9.17, 15) is 4.79 Å². The number of pyridine rings is 1. The Hall–Kier alpha value is -1.23. The minimum atomic E-state index is -0.435. The summed E-state index contributed by atoms with van der Waals surface area (Å²) in [5.74, 6) is 0.870. The van der Waals surface area contributed by atoms with E-state index in [1.165, 1.54) is 0 Å². The van der Waals surface area contributed by atoms with E-state index in [2.05, 4.69) is 11.1 Å². The summed E-state index contributed by atoms with van der Waals surface area (Å²) in [6, 6.07) is 4.34. The second-order valence-corrected chi connectivity index (χ2v) is 7.49. The van der Waals surface area contributed by atoms with Crippen LogP contribution in [0, 0.1) is 6.92 Å². The van der Waals surface area contributed by atoms with Gasteiger partial charge in [0.05, 0.1) is 5.03 Å². The lowest BCUT2D eigenvalue weighted by molar-refractivity contribution is 0.0242. The average molecular weight is 308 g/mol. The number of amides is 1. The van der Waals surface area contributed by atoms with E-state index >= 15 is 0 Å². The number of nitrogens with zero attached hydrogens (tertiary/aromatic N) is 2. The summed E-state index contributed by atoms with van der Waals surface area (Å²) < 4.78 is 5.48. The SMILES string of the molecule is Cc1ccc(SCC2CCCN2C(=O)OC(C)(C)C)nc1. The Morgan fingerprint density at radius 3 is 2.86 bits per heavy atom. The van der Waals surface area contributed by atoms with Gasteiger partial charge < -0.3 is 9.64 Å². The molecular formula is C16H24N2O2S. The molecule has 2 heterocycles. The highest BCUT2D eigenvalue weighted by Gasteiger charge is 2.32. The fourth-order valence-corrected chi connectivity index (χ4v) is 3.29. The third-order valence-electron chi connectivity index (χ3n) is 3.31. The van der Waals surface area contributed by atoms with Crippen molar-refractivity contribution >= 4 is 17.9 Å². The number of aromatic nitrogens is 1. The van der Waals surface area contributed by atoms with Crippen molar-refractivity contribution < 1.29 is 9.53 Å². The molecule has 1 saturated heterocycles. The quantitative estimate of drug-likeness (QED) is 0.795. The molecule has 0 aliphatic carbocycles. The Morgan fingerprint density at radius 1 is 1.48 bits per heavy atom. The molecule has 2 rings (SSSR count). The van der Waals surface area contributed by atoms with Crippen LogP contribution in [0.4, 0.5) is 4.79 Å². The number of aryl methyl sites for hydroxylation is 1. The normalized spacial score (nSPS) is 18.9. The zero-order chi connectivity index (χ0) is 15.5. The number of carbonyl (C=O) groups is 1. The molecule has 0 aromatic carbocycles. The molecule has 1 unspecified atom stereocenters. The highest BCUT2D eigenvalue weighted by atomic mass is 32.2. The standard InChI is InChI=1S/C16H24N2O2S/c1-12-7-8-14(17-10-12)21-11-13-6-5-9-18(13)15(19)20-16(2,3)4/h7-8,10,13H,5-6,9,11H2,1-4H3. The Labute approximate surface area is 131 Å². The molecule has 1 amide bonds. The largest absolute Gasteiger partial charge is 0.444 e. The van der Waals surface area contributed by atoms with Gasteiger partial charge in [-0.25, -0.2) is 9.78 Å². The predicted molar refractivity (Wildman–Crippen MR) is 85.7 cm³/mol. The minimum Gasteiger partial charge on any atom is -0.444 e. The number of hydrogen-bond donors (Lipinski definition) is 0. The average Bonchev–Trinajstić information content (AvgIpc) is 2.84. The van der Waals surface area contributed by atoms with Crippen molar-refractivity contribution in [1.29, 1.82) is 0 Å². The maximum Gasteiger partial charge on any atom is 0.410 e. The fourth-order valence-electron chi connectivity index (χ4n) is 2.29. The zero-order valence-electron chi connectivity index (χ0n) is 13.3. The molecule has 1 aliphatic rings. The van der Waals surface area contributed by atoms with E-state index < -0.39 is 5.60 Å². The van der Waals surface area contributed by atoms with Crippen LogP contribution in [0.1, 0.15) is 39.2 Å². The summed E-state index contributed by atoms with van der Waals surface area (Å²) in [7, 11) is 0. The molecule has 0 bridgehead atoms. The van der Waals surface area contributed by atoms with Crippen molar-refractivity contribution in [2.75, 3.05) is 12.3 Å². The fraction of sp³-hybridized carbons (Fsp3) is 0.625. The van der Waals surface area contributed by atoms with Gasteiger partial charge in [0.1, 0.15) is 5.60 Å². The lowest BCUT2D eigenvalue weighted by Gasteiger charge is -2.28. The van der Waals surface area contributed by atoms with Gasteiger partial charge >= 0.3 is 6.09 Å². The van der Waals surface area contributed by atoms with Gasteiger partial charge in [0.2, 0.25) is 0 Å². The number of thioether (sulfide) groups is 1. The molecule has 116 valence electrons. The van der Waals surface area contributed by atoms with E-state index in [0.717, 1.165) is 35.7 Å². The van der Waals surface area contributed by atoms with Crippen LogP contribution in [0.15, 0.2) is 23.4 Å². The Bertz CT molecular complexity index is 482. The first-order valence-electron chi connectivity index (χ1n) is 7.40. The first-order chi connectivity index (χ1) is 9.85. The molecule has 21 heavy (non-hydrogen) atoms. The van der Waals surface area contributed by atoms with E-state index in [-0.39, 0.29) is 12.1 Å². The molecule has 1 aromatic rings. The molecule has 1 aliphatic heterocycles. The van der Waals surface area contributed by atoms with Gasteiger partial charge in [-0.3, -0.25) is 0 Å². The van der Waals surface area contributed by atoms with Gasteiger partial charge in [-0.2, -0.15) is 0 Å². The molecule has 1 fully saturated rings. The van der Waals surface area contributed by atoms with Gasteiger partial charge in [-0.1, -0.05) is 6.07 Å². The molecule has 4 nitrogen and oxygen atoms in total.